The maximum absolute atomic E-state index is 13.2. The van der Waals surface area contributed by atoms with Gasteiger partial charge in [0.25, 0.3) is 0 Å². The van der Waals surface area contributed by atoms with Gasteiger partial charge in [0.05, 0.1) is 5.69 Å². The zero-order chi connectivity index (χ0) is 23.2. The summed E-state index contributed by atoms with van der Waals surface area (Å²) in [6, 6.07) is 22.4. The minimum Gasteiger partial charge on any atom is -0.325 e. The Labute approximate surface area is 200 Å². The maximum atomic E-state index is 13.2. The zero-order valence-electron chi connectivity index (χ0n) is 17.6. The summed E-state index contributed by atoms with van der Waals surface area (Å²) in [7, 11) is 0. The topological polar surface area (TPSA) is 61.8 Å². The van der Waals surface area contributed by atoms with Crippen molar-refractivity contribution in [3.63, 3.8) is 0 Å². The van der Waals surface area contributed by atoms with Crippen LogP contribution in [-0.4, -0.2) is 33.7 Å². The number of thioether (sulfide) groups is 1. The lowest BCUT2D eigenvalue weighted by molar-refractivity contribution is -0.129. The van der Waals surface area contributed by atoms with Crippen molar-refractivity contribution >= 4 is 51.7 Å². The lowest BCUT2D eigenvalue weighted by atomic mass is 10.1. The smallest absolute Gasteiger partial charge is 0.238 e. The maximum Gasteiger partial charge on any atom is 0.238 e. The van der Waals surface area contributed by atoms with E-state index >= 15 is 0 Å². The summed E-state index contributed by atoms with van der Waals surface area (Å²) in [5, 5.41) is 3.07. The summed E-state index contributed by atoms with van der Waals surface area (Å²) in [6.07, 6.45) is 0.704. The molecule has 1 heterocycles. The molecule has 3 aromatic carbocycles. The second-order valence-electron chi connectivity index (χ2n) is 7.46. The molecule has 1 atom stereocenters. The lowest BCUT2D eigenvalue weighted by Crippen LogP contribution is -2.46. The predicted octanol–water partition coefficient (Wildman–Crippen LogP) is 5.68. The Kier molecular flexibility index (Phi) is 7.42. The van der Waals surface area contributed by atoms with Gasteiger partial charge in [0.1, 0.15) is 11.1 Å². The van der Waals surface area contributed by atoms with Crippen molar-refractivity contribution in [3.05, 3.63) is 95.3 Å². The number of halogens is 2. The van der Waals surface area contributed by atoms with Crippen molar-refractivity contribution in [3.8, 4) is 0 Å². The van der Waals surface area contributed by atoms with Crippen LogP contribution in [0.1, 0.15) is 12.0 Å². The highest BCUT2D eigenvalue weighted by atomic mass is 35.5. The largest absolute Gasteiger partial charge is 0.325 e. The van der Waals surface area contributed by atoms with Gasteiger partial charge >= 0.3 is 0 Å². The van der Waals surface area contributed by atoms with Gasteiger partial charge in [0.15, 0.2) is 5.17 Å². The summed E-state index contributed by atoms with van der Waals surface area (Å²) >= 11 is 7.34. The fourth-order valence-corrected chi connectivity index (χ4v) is 4.67. The van der Waals surface area contributed by atoms with Crippen LogP contribution in [0.2, 0.25) is 5.02 Å². The van der Waals surface area contributed by atoms with Gasteiger partial charge in [-0.25, -0.2) is 9.38 Å². The van der Waals surface area contributed by atoms with E-state index in [9.17, 15) is 14.0 Å². The van der Waals surface area contributed by atoms with Gasteiger partial charge in [-0.15, -0.1) is 0 Å². The molecule has 1 saturated heterocycles. The van der Waals surface area contributed by atoms with Crippen LogP contribution < -0.4 is 5.32 Å². The van der Waals surface area contributed by atoms with Crippen molar-refractivity contribution in [2.24, 2.45) is 4.99 Å². The number of amidine groups is 1. The SMILES string of the molecule is O=C(Nc1ccc(F)cc1)[C@H]1CC(=O)N(CCc2ccccc2)C(=Nc2cccc(Cl)c2)S1. The molecular weight excluding hydrogens is 461 g/mol. The van der Waals surface area contributed by atoms with Crippen LogP contribution in [-0.2, 0) is 16.0 Å². The Balaban J connectivity index is 1.55. The molecule has 0 aromatic heterocycles. The molecule has 0 unspecified atom stereocenters. The van der Waals surface area contributed by atoms with Crippen molar-refractivity contribution in [1.82, 2.24) is 4.90 Å². The Morgan fingerprint density at radius 1 is 1.09 bits per heavy atom. The summed E-state index contributed by atoms with van der Waals surface area (Å²) < 4.78 is 13.2. The summed E-state index contributed by atoms with van der Waals surface area (Å²) in [5.41, 5.74) is 2.17. The van der Waals surface area contributed by atoms with Gasteiger partial charge in [-0.1, -0.05) is 59.8 Å². The molecule has 168 valence electrons. The van der Waals surface area contributed by atoms with E-state index in [2.05, 4.69) is 10.3 Å². The molecule has 0 bridgehead atoms. The number of hydrogen-bond donors (Lipinski definition) is 1. The van der Waals surface area contributed by atoms with Gasteiger partial charge < -0.3 is 5.32 Å². The zero-order valence-corrected chi connectivity index (χ0v) is 19.2. The molecule has 2 amide bonds. The third-order valence-electron chi connectivity index (χ3n) is 5.04. The highest BCUT2D eigenvalue weighted by molar-refractivity contribution is 8.15. The number of hydrogen-bond acceptors (Lipinski definition) is 4. The molecule has 5 nitrogen and oxygen atoms in total. The molecule has 0 spiro atoms. The number of aliphatic imine (C=N–C) groups is 1. The predicted molar refractivity (Wildman–Crippen MR) is 131 cm³/mol. The van der Waals surface area contributed by atoms with Crippen molar-refractivity contribution in [1.29, 1.82) is 0 Å². The third-order valence-corrected chi connectivity index (χ3v) is 6.47. The first-order valence-electron chi connectivity index (χ1n) is 10.4. The minimum atomic E-state index is -0.659. The van der Waals surface area contributed by atoms with Gasteiger partial charge in [-0.2, -0.15) is 0 Å². The number of benzene rings is 3. The second kappa shape index (κ2) is 10.6. The van der Waals surface area contributed by atoms with Gasteiger partial charge in [0, 0.05) is 23.7 Å². The molecule has 1 aliphatic rings. The molecule has 0 saturated carbocycles. The number of nitrogens with one attached hydrogen (secondary N) is 1. The van der Waals surface area contributed by atoms with E-state index in [4.69, 9.17) is 11.6 Å². The van der Waals surface area contributed by atoms with Crippen molar-refractivity contribution < 1.29 is 14.0 Å². The normalized spacial score (nSPS) is 17.3. The first-order chi connectivity index (χ1) is 16.0. The second-order valence-corrected chi connectivity index (χ2v) is 9.07. The van der Waals surface area contributed by atoms with Crippen LogP contribution >= 0.6 is 23.4 Å². The van der Waals surface area contributed by atoms with Gasteiger partial charge in [-0.05, 0) is 54.4 Å². The lowest BCUT2D eigenvalue weighted by Gasteiger charge is -2.32. The average Bonchev–Trinajstić information content (AvgIpc) is 2.80. The van der Waals surface area contributed by atoms with E-state index in [-0.39, 0.29) is 24.1 Å². The fraction of sp³-hybridized carbons (Fsp3) is 0.160. The standard InChI is InChI=1S/C25H21ClFN3O2S/c26-18-7-4-8-21(15-18)29-25-30(14-13-17-5-2-1-3-6-17)23(31)16-22(33-25)24(32)28-20-11-9-19(27)10-12-20/h1-12,15,22H,13-14,16H2,(H,28,32)/t22-/m1/s1. The number of amides is 2. The first-order valence-corrected chi connectivity index (χ1v) is 11.7. The van der Waals surface area contributed by atoms with E-state index < -0.39 is 5.25 Å². The van der Waals surface area contributed by atoms with Gasteiger partial charge in [-0.3, -0.25) is 14.5 Å². The number of nitrogens with zero attached hydrogens (tertiary/aromatic N) is 2. The van der Waals surface area contributed by atoms with E-state index in [1.807, 2.05) is 30.3 Å². The number of anilines is 1. The fourth-order valence-electron chi connectivity index (χ4n) is 3.36. The van der Waals surface area contributed by atoms with Crippen LogP contribution in [0.25, 0.3) is 0 Å². The summed E-state index contributed by atoms with van der Waals surface area (Å²) in [6.45, 7) is 0.446. The van der Waals surface area contributed by atoms with E-state index in [0.717, 1.165) is 5.56 Å². The molecule has 1 N–H and O–H groups in total. The molecule has 33 heavy (non-hydrogen) atoms. The third kappa shape index (κ3) is 6.21. The quantitative estimate of drug-likeness (QED) is 0.492. The Bertz CT molecular complexity index is 1170. The molecule has 1 aliphatic heterocycles. The highest BCUT2D eigenvalue weighted by Crippen LogP contribution is 2.30. The van der Waals surface area contributed by atoms with Crippen LogP contribution in [0, 0.1) is 5.82 Å². The first kappa shape index (κ1) is 23.0. The monoisotopic (exact) mass is 481 g/mol. The van der Waals surface area contributed by atoms with E-state index in [1.54, 1.807) is 29.2 Å². The highest BCUT2D eigenvalue weighted by Gasteiger charge is 2.35. The Morgan fingerprint density at radius 2 is 1.85 bits per heavy atom. The minimum absolute atomic E-state index is 0.0427. The average molecular weight is 482 g/mol. The van der Waals surface area contributed by atoms with Crippen molar-refractivity contribution in [2.75, 3.05) is 11.9 Å². The molecule has 8 heteroatoms. The van der Waals surface area contributed by atoms with Crippen LogP contribution in [0.4, 0.5) is 15.8 Å². The number of carbonyl (C=O) groups is 2. The Hall–Kier alpha value is -3.16. The van der Waals surface area contributed by atoms with Gasteiger partial charge in [0.2, 0.25) is 11.8 Å². The molecular formula is C25H21ClFN3O2S. The molecule has 3 aromatic rings. The molecule has 0 radical (unpaired) electrons. The molecule has 0 aliphatic carbocycles. The van der Waals surface area contributed by atoms with Crippen LogP contribution in [0.5, 0.6) is 0 Å². The molecule has 1 fully saturated rings. The Morgan fingerprint density at radius 3 is 2.58 bits per heavy atom. The number of rotatable bonds is 6. The summed E-state index contributed by atoms with van der Waals surface area (Å²) in [4.78, 5) is 32.2. The number of carbonyl (C=O) groups excluding carboxylic acids is 2. The summed E-state index contributed by atoms with van der Waals surface area (Å²) in [5.74, 6) is -0.897. The van der Waals surface area contributed by atoms with Crippen molar-refractivity contribution in [2.45, 2.75) is 18.1 Å². The van der Waals surface area contributed by atoms with Crippen LogP contribution in [0.15, 0.2) is 83.9 Å². The molecule has 4 rings (SSSR count). The van der Waals surface area contributed by atoms with E-state index in [0.29, 0.717) is 34.5 Å². The van der Waals surface area contributed by atoms with E-state index in [1.165, 1.54) is 36.0 Å². The van der Waals surface area contributed by atoms with Crippen LogP contribution in [0.3, 0.4) is 0 Å².